The summed E-state index contributed by atoms with van der Waals surface area (Å²) < 4.78 is 5.15. The smallest absolute Gasteiger partial charge is 0.228 e. The van der Waals surface area contributed by atoms with Gasteiger partial charge in [-0.15, -0.1) is 0 Å². The Morgan fingerprint density at radius 1 is 1.15 bits per heavy atom. The molecule has 4 aliphatic carbocycles. The molecule has 0 aromatic carbocycles. The standard InChI is InChI=1S/C16H28N2O2/c1-20-5-4-18(3-2-17)15(19)16-9-12-6-13(10-16)8-14(7-12)11-16/h12-14H,2-11,17H2,1H3. The zero-order chi connectivity index (χ0) is 14.2. The zero-order valence-electron chi connectivity index (χ0n) is 12.6. The molecule has 4 heteroatoms. The zero-order valence-corrected chi connectivity index (χ0v) is 12.6. The number of rotatable bonds is 6. The molecule has 0 heterocycles. The fourth-order valence-corrected chi connectivity index (χ4v) is 5.38. The molecule has 4 aliphatic rings. The number of methoxy groups -OCH3 is 1. The number of carbonyl (C=O) groups is 1. The van der Waals surface area contributed by atoms with Crippen LogP contribution < -0.4 is 5.73 Å². The topological polar surface area (TPSA) is 55.6 Å². The maximum absolute atomic E-state index is 13.1. The first-order valence-electron chi connectivity index (χ1n) is 8.15. The highest BCUT2D eigenvalue weighted by Crippen LogP contribution is 2.60. The van der Waals surface area contributed by atoms with E-state index < -0.39 is 0 Å². The maximum atomic E-state index is 13.1. The summed E-state index contributed by atoms with van der Waals surface area (Å²) in [5.74, 6) is 2.81. The van der Waals surface area contributed by atoms with Crippen LogP contribution in [0.1, 0.15) is 38.5 Å². The Bertz CT molecular complexity index is 334. The molecule has 114 valence electrons. The van der Waals surface area contributed by atoms with E-state index in [2.05, 4.69) is 0 Å². The van der Waals surface area contributed by atoms with Crippen LogP contribution in [0.25, 0.3) is 0 Å². The second kappa shape index (κ2) is 5.64. The molecule has 4 fully saturated rings. The molecule has 0 aliphatic heterocycles. The predicted molar refractivity (Wildman–Crippen MR) is 78.1 cm³/mol. The summed E-state index contributed by atoms with van der Waals surface area (Å²) >= 11 is 0. The third kappa shape index (κ3) is 2.48. The van der Waals surface area contributed by atoms with Crippen LogP contribution in [-0.4, -0.2) is 44.2 Å². The van der Waals surface area contributed by atoms with Gasteiger partial charge in [0.25, 0.3) is 0 Å². The number of nitrogens with zero attached hydrogens (tertiary/aromatic N) is 1. The molecule has 0 spiro atoms. The Kier molecular flexibility index (Phi) is 4.04. The fraction of sp³-hybridized carbons (Fsp3) is 0.938. The van der Waals surface area contributed by atoms with Crippen LogP contribution in [0.3, 0.4) is 0 Å². The average molecular weight is 280 g/mol. The van der Waals surface area contributed by atoms with Gasteiger partial charge in [0.05, 0.1) is 12.0 Å². The van der Waals surface area contributed by atoms with Crippen molar-refractivity contribution in [3.63, 3.8) is 0 Å². The SMILES string of the molecule is COCCN(CCN)C(=O)C12CC3CC(CC(C3)C1)C2. The normalized spacial score (nSPS) is 38.2. The highest BCUT2D eigenvalue weighted by molar-refractivity contribution is 5.83. The van der Waals surface area contributed by atoms with Crippen molar-refractivity contribution < 1.29 is 9.53 Å². The van der Waals surface area contributed by atoms with Crippen molar-refractivity contribution in [1.29, 1.82) is 0 Å². The number of hydrogen-bond acceptors (Lipinski definition) is 3. The van der Waals surface area contributed by atoms with E-state index in [4.69, 9.17) is 10.5 Å². The highest BCUT2D eigenvalue weighted by Gasteiger charge is 2.55. The summed E-state index contributed by atoms with van der Waals surface area (Å²) in [6.45, 7) is 2.51. The van der Waals surface area contributed by atoms with E-state index in [1.165, 1.54) is 19.3 Å². The molecule has 0 unspecified atom stereocenters. The molecule has 20 heavy (non-hydrogen) atoms. The van der Waals surface area contributed by atoms with Crippen molar-refractivity contribution in [1.82, 2.24) is 4.90 Å². The lowest BCUT2D eigenvalue weighted by atomic mass is 9.49. The monoisotopic (exact) mass is 280 g/mol. The second-order valence-corrected chi connectivity index (χ2v) is 7.27. The van der Waals surface area contributed by atoms with E-state index in [-0.39, 0.29) is 5.41 Å². The Hall–Kier alpha value is -0.610. The molecular formula is C16H28N2O2. The first-order valence-corrected chi connectivity index (χ1v) is 8.15. The number of amides is 1. The van der Waals surface area contributed by atoms with Gasteiger partial charge in [0.2, 0.25) is 5.91 Å². The van der Waals surface area contributed by atoms with Gasteiger partial charge in [-0.1, -0.05) is 0 Å². The highest BCUT2D eigenvalue weighted by atomic mass is 16.5. The van der Waals surface area contributed by atoms with Crippen LogP contribution in [0.15, 0.2) is 0 Å². The Labute approximate surface area is 122 Å². The molecule has 4 rings (SSSR count). The lowest BCUT2D eigenvalue weighted by Crippen LogP contribution is -2.55. The molecule has 4 saturated carbocycles. The van der Waals surface area contributed by atoms with Crippen LogP contribution in [0.2, 0.25) is 0 Å². The molecular weight excluding hydrogens is 252 g/mol. The summed E-state index contributed by atoms with van der Waals surface area (Å²) in [5, 5.41) is 0. The van der Waals surface area contributed by atoms with E-state index in [1.54, 1.807) is 7.11 Å². The molecule has 4 bridgehead atoms. The van der Waals surface area contributed by atoms with E-state index in [1.807, 2.05) is 4.90 Å². The van der Waals surface area contributed by atoms with Crippen LogP contribution in [0.4, 0.5) is 0 Å². The van der Waals surface area contributed by atoms with E-state index in [0.29, 0.717) is 32.1 Å². The minimum atomic E-state index is -0.0440. The van der Waals surface area contributed by atoms with Gasteiger partial charge in [-0.05, 0) is 56.3 Å². The van der Waals surface area contributed by atoms with Gasteiger partial charge in [-0.25, -0.2) is 0 Å². The summed E-state index contributed by atoms with van der Waals surface area (Å²) in [6.07, 6.45) is 7.52. The predicted octanol–water partition coefficient (Wildman–Crippen LogP) is 1.64. The second-order valence-electron chi connectivity index (χ2n) is 7.27. The minimum absolute atomic E-state index is 0.0440. The Morgan fingerprint density at radius 3 is 2.15 bits per heavy atom. The molecule has 0 aromatic rings. The van der Waals surface area contributed by atoms with Gasteiger partial charge in [0.15, 0.2) is 0 Å². The van der Waals surface area contributed by atoms with Crippen molar-refractivity contribution >= 4 is 5.91 Å². The lowest BCUT2D eigenvalue weighted by Gasteiger charge is -2.56. The molecule has 0 saturated heterocycles. The molecule has 2 N–H and O–H groups in total. The first-order chi connectivity index (χ1) is 9.66. The van der Waals surface area contributed by atoms with Crippen LogP contribution in [0.5, 0.6) is 0 Å². The van der Waals surface area contributed by atoms with Gasteiger partial charge < -0.3 is 15.4 Å². The molecule has 0 aromatic heterocycles. The number of nitrogens with two attached hydrogens (primary N) is 1. The molecule has 1 amide bonds. The molecule has 0 atom stereocenters. The van der Waals surface area contributed by atoms with Gasteiger partial charge in [0.1, 0.15) is 0 Å². The number of ether oxygens (including phenoxy) is 1. The fourth-order valence-electron chi connectivity index (χ4n) is 5.38. The van der Waals surface area contributed by atoms with Gasteiger partial charge in [0, 0.05) is 26.7 Å². The third-order valence-electron chi connectivity index (χ3n) is 5.74. The summed E-state index contributed by atoms with van der Waals surface area (Å²) in [7, 11) is 1.69. The summed E-state index contributed by atoms with van der Waals surface area (Å²) in [4.78, 5) is 15.1. The number of hydrogen-bond donors (Lipinski definition) is 1. The van der Waals surface area contributed by atoms with Gasteiger partial charge in [-0.2, -0.15) is 0 Å². The van der Waals surface area contributed by atoms with Gasteiger partial charge in [-0.3, -0.25) is 4.79 Å². The molecule has 4 nitrogen and oxygen atoms in total. The maximum Gasteiger partial charge on any atom is 0.228 e. The molecule has 0 radical (unpaired) electrons. The van der Waals surface area contributed by atoms with E-state index >= 15 is 0 Å². The van der Waals surface area contributed by atoms with E-state index in [0.717, 1.165) is 37.0 Å². The summed E-state index contributed by atoms with van der Waals surface area (Å²) in [5.41, 5.74) is 5.65. The quantitative estimate of drug-likeness (QED) is 0.804. The Morgan fingerprint density at radius 2 is 1.70 bits per heavy atom. The van der Waals surface area contributed by atoms with Crippen molar-refractivity contribution in [2.75, 3.05) is 33.4 Å². The van der Waals surface area contributed by atoms with Crippen LogP contribution >= 0.6 is 0 Å². The average Bonchev–Trinajstić information content (AvgIpc) is 2.41. The van der Waals surface area contributed by atoms with Crippen molar-refractivity contribution in [3.05, 3.63) is 0 Å². The van der Waals surface area contributed by atoms with Crippen LogP contribution in [-0.2, 0) is 9.53 Å². The Balaban J connectivity index is 1.74. The van der Waals surface area contributed by atoms with Crippen molar-refractivity contribution in [2.45, 2.75) is 38.5 Å². The minimum Gasteiger partial charge on any atom is -0.383 e. The van der Waals surface area contributed by atoms with Gasteiger partial charge >= 0.3 is 0 Å². The first kappa shape index (κ1) is 14.3. The third-order valence-corrected chi connectivity index (χ3v) is 5.74. The van der Waals surface area contributed by atoms with Crippen molar-refractivity contribution in [2.24, 2.45) is 28.9 Å². The van der Waals surface area contributed by atoms with Crippen molar-refractivity contribution in [3.8, 4) is 0 Å². The lowest BCUT2D eigenvalue weighted by molar-refractivity contribution is -0.158. The largest absolute Gasteiger partial charge is 0.383 e. The van der Waals surface area contributed by atoms with Crippen LogP contribution in [0, 0.1) is 23.2 Å². The number of carbonyl (C=O) groups excluding carboxylic acids is 1. The summed E-state index contributed by atoms with van der Waals surface area (Å²) in [6, 6.07) is 0. The van der Waals surface area contributed by atoms with E-state index in [9.17, 15) is 4.79 Å².